The highest BCUT2D eigenvalue weighted by Gasteiger charge is 2.12. The van der Waals surface area contributed by atoms with Crippen molar-refractivity contribution in [1.29, 1.82) is 0 Å². The molecule has 0 saturated carbocycles. The fourth-order valence-electron chi connectivity index (χ4n) is 2.10. The number of halogens is 1. The zero-order chi connectivity index (χ0) is 14.3. The Morgan fingerprint density at radius 3 is 2.70 bits per heavy atom. The Labute approximate surface area is 118 Å². The number of hydrogen-bond donors (Lipinski definition) is 0. The topological polar surface area (TPSA) is 56.9 Å². The molecule has 0 amide bonds. The van der Waals surface area contributed by atoms with Gasteiger partial charge in [0.1, 0.15) is 0 Å². The minimum absolute atomic E-state index is 0.322. The van der Waals surface area contributed by atoms with E-state index in [4.69, 9.17) is 11.6 Å². The number of nitrogens with zero attached hydrogens (tertiary/aromatic N) is 3. The molecule has 3 rings (SSSR count). The van der Waals surface area contributed by atoms with E-state index < -0.39 is 5.69 Å². The van der Waals surface area contributed by atoms with E-state index >= 15 is 0 Å². The van der Waals surface area contributed by atoms with Crippen molar-refractivity contribution >= 4 is 22.6 Å². The Bertz CT molecular complexity index is 928. The van der Waals surface area contributed by atoms with Crippen molar-refractivity contribution in [3.05, 3.63) is 68.5 Å². The van der Waals surface area contributed by atoms with E-state index in [1.807, 2.05) is 0 Å². The van der Waals surface area contributed by atoms with Crippen molar-refractivity contribution in [2.45, 2.75) is 0 Å². The summed E-state index contributed by atoms with van der Waals surface area (Å²) < 4.78 is 2.44. The summed E-state index contributed by atoms with van der Waals surface area (Å²) in [6.45, 7) is 0. The molecule has 0 unspecified atom stereocenters. The summed E-state index contributed by atoms with van der Waals surface area (Å²) in [4.78, 5) is 28.6. The molecule has 6 heteroatoms. The summed E-state index contributed by atoms with van der Waals surface area (Å²) in [5.74, 6) is 0. The SMILES string of the molecule is Cn1c(=O)c2cccnc2n(-c2cccc(Cl)c2)c1=O. The number of benzene rings is 1. The summed E-state index contributed by atoms with van der Waals surface area (Å²) in [5.41, 5.74) is 0.0736. The number of aromatic nitrogens is 3. The lowest BCUT2D eigenvalue weighted by Crippen LogP contribution is -2.37. The van der Waals surface area contributed by atoms with Gasteiger partial charge in [0, 0.05) is 18.3 Å². The second-order valence-electron chi connectivity index (χ2n) is 4.34. The molecule has 0 bridgehead atoms. The van der Waals surface area contributed by atoms with Crippen LogP contribution in [0.4, 0.5) is 0 Å². The van der Waals surface area contributed by atoms with Crippen LogP contribution in [-0.4, -0.2) is 14.1 Å². The van der Waals surface area contributed by atoms with Gasteiger partial charge >= 0.3 is 5.69 Å². The maximum atomic E-state index is 12.4. The van der Waals surface area contributed by atoms with Crippen LogP contribution in [0.25, 0.3) is 16.7 Å². The summed E-state index contributed by atoms with van der Waals surface area (Å²) in [6.07, 6.45) is 1.54. The van der Waals surface area contributed by atoms with Gasteiger partial charge in [-0.1, -0.05) is 17.7 Å². The van der Waals surface area contributed by atoms with Gasteiger partial charge in [0.25, 0.3) is 5.56 Å². The van der Waals surface area contributed by atoms with Crippen molar-refractivity contribution < 1.29 is 0 Å². The third kappa shape index (κ3) is 1.83. The zero-order valence-corrected chi connectivity index (χ0v) is 11.3. The van der Waals surface area contributed by atoms with E-state index in [0.717, 1.165) is 4.57 Å². The normalized spacial score (nSPS) is 10.9. The Morgan fingerprint density at radius 1 is 1.15 bits per heavy atom. The van der Waals surface area contributed by atoms with Gasteiger partial charge < -0.3 is 0 Å². The molecule has 0 N–H and O–H groups in total. The molecule has 2 aromatic heterocycles. The number of rotatable bonds is 1. The van der Waals surface area contributed by atoms with Crippen LogP contribution < -0.4 is 11.2 Å². The van der Waals surface area contributed by atoms with Gasteiger partial charge in [-0.05, 0) is 30.3 Å². The minimum atomic E-state index is -0.455. The van der Waals surface area contributed by atoms with Crippen LogP contribution in [-0.2, 0) is 7.05 Å². The first-order valence-electron chi connectivity index (χ1n) is 5.92. The highest BCUT2D eigenvalue weighted by molar-refractivity contribution is 6.30. The smallest absolute Gasteiger partial charge is 0.268 e. The molecule has 100 valence electrons. The minimum Gasteiger partial charge on any atom is -0.268 e. The van der Waals surface area contributed by atoms with Crippen LogP contribution in [0.3, 0.4) is 0 Å². The largest absolute Gasteiger partial charge is 0.337 e. The molecule has 0 aliphatic carbocycles. The summed E-state index contributed by atoms with van der Waals surface area (Å²) in [5, 5.41) is 0.891. The van der Waals surface area contributed by atoms with Crippen LogP contribution in [0.5, 0.6) is 0 Å². The number of fused-ring (bicyclic) bond motifs is 1. The zero-order valence-electron chi connectivity index (χ0n) is 10.6. The predicted octanol–water partition coefficient (Wildman–Crippen LogP) is 1.74. The van der Waals surface area contributed by atoms with Gasteiger partial charge in [-0.3, -0.25) is 9.36 Å². The van der Waals surface area contributed by atoms with E-state index in [9.17, 15) is 9.59 Å². The maximum Gasteiger partial charge on any atom is 0.337 e. The molecular weight excluding hydrogens is 278 g/mol. The van der Waals surface area contributed by atoms with E-state index in [0.29, 0.717) is 21.7 Å². The molecule has 3 aromatic rings. The van der Waals surface area contributed by atoms with Crippen LogP contribution in [0, 0.1) is 0 Å². The van der Waals surface area contributed by atoms with Gasteiger partial charge in [-0.25, -0.2) is 14.3 Å². The first kappa shape index (κ1) is 12.6. The number of pyridine rings is 1. The van der Waals surface area contributed by atoms with Crippen molar-refractivity contribution in [3.8, 4) is 5.69 Å². The second-order valence-corrected chi connectivity index (χ2v) is 4.77. The van der Waals surface area contributed by atoms with E-state index in [-0.39, 0.29) is 5.56 Å². The highest BCUT2D eigenvalue weighted by Crippen LogP contribution is 2.16. The Balaban J connectivity index is 2.54. The predicted molar refractivity (Wildman–Crippen MR) is 77.6 cm³/mol. The molecule has 0 spiro atoms. The molecule has 0 atom stereocenters. The molecule has 20 heavy (non-hydrogen) atoms. The average Bonchev–Trinajstić information content (AvgIpc) is 2.45. The monoisotopic (exact) mass is 287 g/mol. The van der Waals surface area contributed by atoms with Crippen molar-refractivity contribution in [2.24, 2.45) is 7.05 Å². The van der Waals surface area contributed by atoms with Gasteiger partial charge in [0.2, 0.25) is 0 Å². The van der Waals surface area contributed by atoms with Crippen LogP contribution >= 0.6 is 11.6 Å². The van der Waals surface area contributed by atoms with E-state index in [1.54, 1.807) is 42.6 Å². The lowest BCUT2D eigenvalue weighted by Gasteiger charge is -2.11. The van der Waals surface area contributed by atoms with Gasteiger partial charge in [-0.15, -0.1) is 0 Å². The quantitative estimate of drug-likeness (QED) is 0.685. The van der Waals surface area contributed by atoms with Crippen LogP contribution in [0.1, 0.15) is 0 Å². The second kappa shape index (κ2) is 4.61. The van der Waals surface area contributed by atoms with Crippen molar-refractivity contribution in [1.82, 2.24) is 14.1 Å². The maximum absolute atomic E-state index is 12.4. The molecular formula is C14H10ClN3O2. The Kier molecular flexibility index (Phi) is 2.91. The Morgan fingerprint density at radius 2 is 1.95 bits per heavy atom. The molecule has 0 saturated heterocycles. The molecule has 1 aromatic carbocycles. The lowest BCUT2D eigenvalue weighted by molar-refractivity contribution is 0.748. The van der Waals surface area contributed by atoms with Gasteiger partial charge in [0.05, 0.1) is 11.1 Å². The first-order valence-corrected chi connectivity index (χ1v) is 6.30. The van der Waals surface area contributed by atoms with Crippen LogP contribution in [0.2, 0.25) is 5.02 Å². The third-order valence-corrected chi connectivity index (χ3v) is 3.31. The fourth-order valence-corrected chi connectivity index (χ4v) is 2.28. The molecule has 5 nitrogen and oxygen atoms in total. The van der Waals surface area contributed by atoms with Crippen molar-refractivity contribution in [3.63, 3.8) is 0 Å². The summed E-state index contributed by atoms with van der Waals surface area (Å²) in [7, 11) is 1.44. The third-order valence-electron chi connectivity index (χ3n) is 3.08. The molecule has 2 heterocycles. The average molecular weight is 288 g/mol. The van der Waals surface area contributed by atoms with Crippen molar-refractivity contribution in [2.75, 3.05) is 0 Å². The Hall–Kier alpha value is -2.40. The highest BCUT2D eigenvalue weighted by atomic mass is 35.5. The summed E-state index contributed by atoms with van der Waals surface area (Å²) in [6, 6.07) is 10.2. The lowest BCUT2D eigenvalue weighted by atomic mass is 10.3. The van der Waals surface area contributed by atoms with Gasteiger partial charge in [-0.2, -0.15) is 0 Å². The van der Waals surface area contributed by atoms with E-state index in [2.05, 4.69) is 4.98 Å². The fraction of sp³-hybridized carbons (Fsp3) is 0.0714. The summed E-state index contributed by atoms with van der Waals surface area (Å²) >= 11 is 5.97. The van der Waals surface area contributed by atoms with Crippen LogP contribution in [0.15, 0.2) is 52.2 Å². The molecule has 0 fully saturated rings. The van der Waals surface area contributed by atoms with Gasteiger partial charge in [0.15, 0.2) is 5.65 Å². The standard InChI is InChI=1S/C14H10ClN3O2/c1-17-13(19)11-6-3-7-16-12(11)18(14(17)20)10-5-2-4-9(15)8-10/h2-8H,1H3. The van der Waals surface area contributed by atoms with E-state index in [1.165, 1.54) is 11.6 Å². The number of hydrogen-bond acceptors (Lipinski definition) is 3. The first-order chi connectivity index (χ1) is 9.59. The molecule has 0 radical (unpaired) electrons. The molecule has 0 aliphatic heterocycles. The molecule has 0 aliphatic rings.